The summed E-state index contributed by atoms with van der Waals surface area (Å²) < 4.78 is 51.3. The van der Waals surface area contributed by atoms with E-state index in [1.165, 1.54) is 37.3 Å². The van der Waals surface area contributed by atoms with Crippen molar-refractivity contribution in [2.45, 2.75) is 13.0 Å². The Morgan fingerprint density at radius 1 is 1.12 bits per heavy atom. The van der Waals surface area contributed by atoms with Gasteiger partial charge in [-0.15, -0.1) is 0 Å². The summed E-state index contributed by atoms with van der Waals surface area (Å²) in [4.78, 5) is 12.4. The lowest BCUT2D eigenvalue weighted by Gasteiger charge is -2.28. The van der Waals surface area contributed by atoms with Gasteiger partial charge in [-0.3, -0.25) is 9.10 Å². The Balaban J connectivity index is 2.29. The van der Waals surface area contributed by atoms with Crippen molar-refractivity contribution in [3.63, 3.8) is 0 Å². The number of carbonyl (C=O) groups excluding carboxylic acids is 1. The van der Waals surface area contributed by atoms with Crippen LogP contribution in [0.25, 0.3) is 0 Å². The Morgan fingerprint density at radius 2 is 1.72 bits per heavy atom. The lowest BCUT2D eigenvalue weighted by molar-refractivity contribution is -0.116. The predicted octanol–water partition coefficient (Wildman–Crippen LogP) is 3.41. The van der Waals surface area contributed by atoms with Crippen LogP contribution >= 0.6 is 11.6 Å². The van der Waals surface area contributed by atoms with Crippen molar-refractivity contribution in [2.75, 3.05) is 15.9 Å². The van der Waals surface area contributed by atoms with Crippen molar-refractivity contribution >= 4 is 38.9 Å². The SMILES string of the molecule is CC(C(=O)Nc1ccc(F)c(F)c1)N(c1ccc(Cl)cc1)S(C)(=O)=O. The van der Waals surface area contributed by atoms with Gasteiger partial charge < -0.3 is 5.32 Å². The molecule has 0 aliphatic heterocycles. The van der Waals surface area contributed by atoms with E-state index in [1.54, 1.807) is 0 Å². The molecule has 2 aromatic rings. The number of nitrogens with zero attached hydrogens (tertiary/aromatic N) is 1. The first-order valence-electron chi connectivity index (χ1n) is 7.10. The molecule has 0 heterocycles. The highest BCUT2D eigenvalue weighted by atomic mass is 35.5. The highest BCUT2D eigenvalue weighted by Gasteiger charge is 2.29. The molecule has 25 heavy (non-hydrogen) atoms. The van der Waals surface area contributed by atoms with Crippen LogP contribution in [-0.4, -0.2) is 26.6 Å². The third-order valence-electron chi connectivity index (χ3n) is 3.36. The molecule has 0 aliphatic carbocycles. The smallest absolute Gasteiger partial charge is 0.247 e. The van der Waals surface area contributed by atoms with E-state index in [4.69, 9.17) is 11.6 Å². The molecule has 0 saturated heterocycles. The minimum absolute atomic E-state index is 0.0142. The zero-order valence-electron chi connectivity index (χ0n) is 13.3. The van der Waals surface area contributed by atoms with Crippen LogP contribution in [-0.2, 0) is 14.8 Å². The molecule has 134 valence electrons. The van der Waals surface area contributed by atoms with E-state index in [2.05, 4.69) is 5.32 Å². The van der Waals surface area contributed by atoms with Gasteiger partial charge in [-0.2, -0.15) is 0 Å². The number of nitrogens with one attached hydrogen (secondary N) is 1. The van der Waals surface area contributed by atoms with Gasteiger partial charge in [0.2, 0.25) is 15.9 Å². The van der Waals surface area contributed by atoms with Crippen LogP contribution in [0, 0.1) is 11.6 Å². The van der Waals surface area contributed by atoms with E-state index in [-0.39, 0.29) is 11.4 Å². The maximum absolute atomic E-state index is 13.2. The zero-order valence-corrected chi connectivity index (χ0v) is 14.9. The summed E-state index contributed by atoms with van der Waals surface area (Å²) in [6.07, 6.45) is 0.961. The van der Waals surface area contributed by atoms with Crippen LogP contribution < -0.4 is 9.62 Å². The molecule has 0 bridgehead atoms. The summed E-state index contributed by atoms with van der Waals surface area (Å²) in [5.41, 5.74) is 0.264. The van der Waals surface area contributed by atoms with Gasteiger partial charge in [0.05, 0.1) is 11.9 Å². The number of hydrogen-bond donors (Lipinski definition) is 1. The summed E-state index contributed by atoms with van der Waals surface area (Å²) in [6, 6.07) is 7.63. The zero-order chi connectivity index (χ0) is 18.8. The Morgan fingerprint density at radius 3 is 2.24 bits per heavy atom. The largest absolute Gasteiger partial charge is 0.324 e. The predicted molar refractivity (Wildman–Crippen MR) is 93.2 cm³/mol. The van der Waals surface area contributed by atoms with Crippen molar-refractivity contribution in [2.24, 2.45) is 0 Å². The second kappa shape index (κ2) is 7.37. The fraction of sp³-hybridized carbons (Fsp3) is 0.188. The quantitative estimate of drug-likeness (QED) is 0.853. The Kier molecular flexibility index (Phi) is 5.64. The van der Waals surface area contributed by atoms with E-state index in [0.717, 1.165) is 22.7 Å². The summed E-state index contributed by atoms with van der Waals surface area (Å²) in [5.74, 6) is -2.88. The summed E-state index contributed by atoms with van der Waals surface area (Å²) in [5, 5.41) is 2.78. The molecule has 0 aliphatic rings. The van der Waals surface area contributed by atoms with Gasteiger partial charge in [0, 0.05) is 16.8 Å². The summed E-state index contributed by atoms with van der Waals surface area (Å²) >= 11 is 5.79. The van der Waals surface area contributed by atoms with Gasteiger partial charge in [-0.05, 0) is 43.3 Å². The van der Waals surface area contributed by atoms with Crippen molar-refractivity contribution in [1.29, 1.82) is 0 Å². The molecule has 5 nitrogen and oxygen atoms in total. The van der Waals surface area contributed by atoms with Crippen molar-refractivity contribution in [3.8, 4) is 0 Å². The average molecular weight is 389 g/mol. The van der Waals surface area contributed by atoms with Crippen LogP contribution in [0.3, 0.4) is 0 Å². The van der Waals surface area contributed by atoms with E-state index in [1.807, 2.05) is 0 Å². The lowest BCUT2D eigenvalue weighted by atomic mass is 10.2. The Labute approximate surface area is 149 Å². The Bertz CT molecular complexity index is 889. The fourth-order valence-corrected chi connectivity index (χ4v) is 3.52. The normalized spacial score (nSPS) is 12.5. The van der Waals surface area contributed by atoms with Crippen molar-refractivity contribution in [1.82, 2.24) is 0 Å². The molecule has 9 heteroatoms. The molecule has 0 spiro atoms. The molecule has 1 amide bonds. The molecular weight excluding hydrogens is 374 g/mol. The van der Waals surface area contributed by atoms with Gasteiger partial charge in [0.15, 0.2) is 11.6 Å². The molecule has 1 atom stereocenters. The molecule has 2 rings (SSSR count). The first kappa shape index (κ1) is 19.1. The number of rotatable bonds is 5. The third-order valence-corrected chi connectivity index (χ3v) is 4.85. The van der Waals surface area contributed by atoms with Crippen molar-refractivity contribution in [3.05, 3.63) is 59.1 Å². The van der Waals surface area contributed by atoms with E-state index >= 15 is 0 Å². The van der Waals surface area contributed by atoms with Gasteiger partial charge in [-0.1, -0.05) is 11.6 Å². The first-order chi connectivity index (χ1) is 11.6. The van der Waals surface area contributed by atoms with Gasteiger partial charge in [-0.25, -0.2) is 17.2 Å². The molecule has 0 fully saturated rings. The number of anilines is 2. The monoisotopic (exact) mass is 388 g/mol. The van der Waals surface area contributed by atoms with Gasteiger partial charge in [0.1, 0.15) is 6.04 Å². The van der Waals surface area contributed by atoms with E-state index < -0.39 is 33.6 Å². The van der Waals surface area contributed by atoms with Gasteiger partial charge >= 0.3 is 0 Å². The van der Waals surface area contributed by atoms with Crippen LogP contribution in [0.15, 0.2) is 42.5 Å². The number of halogens is 3. The second-order valence-corrected chi connectivity index (χ2v) is 7.63. The highest BCUT2D eigenvalue weighted by Crippen LogP contribution is 2.23. The Hall–Kier alpha value is -2.19. The molecule has 0 radical (unpaired) electrons. The van der Waals surface area contributed by atoms with Crippen LogP contribution in [0.4, 0.5) is 20.2 Å². The van der Waals surface area contributed by atoms with Crippen LogP contribution in [0.1, 0.15) is 6.92 Å². The third kappa shape index (κ3) is 4.67. The van der Waals surface area contributed by atoms with Crippen LogP contribution in [0.2, 0.25) is 5.02 Å². The number of carbonyl (C=O) groups is 1. The summed E-state index contributed by atoms with van der Waals surface area (Å²) in [6.45, 7) is 1.38. The number of sulfonamides is 1. The second-order valence-electron chi connectivity index (χ2n) is 5.33. The van der Waals surface area contributed by atoms with Crippen LogP contribution in [0.5, 0.6) is 0 Å². The minimum atomic E-state index is -3.79. The number of benzene rings is 2. The molecule has 1 N–H and O–H groups in total. The number of amides is 1. The highest BCUT2D eigenvalue weighted by molar-refractivity contribution is 7.92. The number of hydrogen-bond acceptors (Lipinski definition) is 3. The molecular formula is C16H15ClF2N2O3S. The molecule has 0 saturated carbocycles. The first-order valence-corrected chi connectivity index (χ1v) is 9.33. The fourth-order valence-electron chi connectivity index (χ4n) is 2.22. The standard InChI is InChI=1S/C16H15ClF2N2O3S/c1-10(16(22)20-12-5-8-14(18)15(19)9-12)21(25(2,23)24)13-6-3-11(17)4-7-13/h3-10H,1-2H3,(H,20,22). The maximum atomic E-state index is 13.2. The minimum Gasteiger partial charge on any atom is -0.324 e. The lowest BCUT2D eigenvalue weighted by Crippen LogP contribution is -2.45. The van der Waals surface area contributed by atoms with Crippen molar-refractivity contribution < 1.29 is 22.0 Å². The topological polar surface area (TPSA) is 66.5 Å². The van der Waals surface area contributed by atoms with E-state index in [9.17, 15) is 22.0 Å². The molecule has 1 unspecified atom stereocenters. The maximum Gasteiger partial charge on any atom is 0.247 e. The molecule has 0 aromatic heterocycles. The molecule has 2 aromatic carbocycles. The van der Waals surface area contributed by atoms with Gasteiger partial charge in [0.25, 0.3) is 0 Å². The van der Waals surface area contributed by atoms with E-state index in [0.29, 0.717) is 5.02 Å². The average Bonchev–Trinajstić information content (AvgIpc) is 2.51. The summed E-state index contributed by atoms with van der Waals surface area (Å²) in [7, 11) is -3.79.